The monoisotopic (exact) mass is 344 g/mol. The van der Waals surface area contributed by atoms with Crippen LogP contribution in [0.3, 0.4) is 0 Å². The van der Waals surface area contributed by atoms with Crippen molar-refractivity contribution in [2.24, 2.45) is 14.1 Å². The number of nitrogens with zero attached hydrogens (tertiary/aromatic N) is 4. The Hall–Kier alpha value is -2.44. The Bertz CT molecular complexity index is 706. The lowest BCUT2D eigenvalue weighted by atomic mass is 10.1. The van der Waals surface area contributed by atoms with Gasteiger partial charge < -0.3 is 20.1 Å². The molecule has 3 rings (SSSR count). The van der Waals surface area contributed by atoms with Crippen LogP contribution in [0.25, 0.3) is 0 Å². The zero-order valence-electron chi connectivity index (χ0n) is 15.3. The van der Waals surface area contributed by atoms with Crippen molar-refractivity contribution in [1.82, 2.24) is 25.0 Å². The van der Waals surface area contributed by atoms with Gasteiger partial charge in [0.2, 0.25) is 0 Å². The Kier molecular flexibility index (Phi) is 5.31. The molecule has 25 heavy (non-hydrogen) atoms. The second-order valence-electron chi connectivity index (χ2n) is 6.97. The first-order chi connectivity index (χ1) is 12.0. The molecule has 2 amide bonds. The van der Waals surface area contributed by atoms with E-state index in [1.165, 1.54) is 5.69 Å². The predicted octanol–water partition coefficient (Wildman–Crippen LogP) is 1.66. The highest BCUT2D eigenvalue weighted by Gasteiger charge is 2.25. The molecular weight excluding hydrogens is 316 g/mol. The van der Waals surface area contributed by atoms with Crippen molar-refractivity contribution in [2.45, 2.75) is 38.3 Å². The zero-order chi connectivity index (χ0) is 17.8. The molecule has 2 N–H and O–H groups in total. The van der Waals surface area contributed by atoms with Crippen LogP contribution >= 0.6 is 0 Å². The Labute approximate surface area is 149 Å². The fraction of sp³-hybridized carbons (Fsp3) is 0.556. The molecule has 3 heterocycles. The zero-order valence-corrected chi connectivity index (χ0v) is 15.3. The molecule has 7 heteroatoms. The molecule has 1 saturated heterocycles. The van der Waals surface area contributed by atoms with Crippen molar-refractivity contribution in [2.75, 3.05) is 18.0 Å². The largest absolute Gasteiger partial charge is 0.367 e. The maximum Gasteiger partial charge on any atom is 0.315 e. The molecular formula is C18H28N6O. The summed E-state index contributed by atoms with van der Waals surface area (Å²) in [5.41, 5.74) is 2.40. The highest BCUT2D eigenvalue weighted by Crippen LogP contribution is 2.19. The maximum atomic E-state index is 12.2. The number of urea groups is 1. The molecule has 1 fully saturated rings. The minimum atomic E-state index is -0.0718. The molecule has 2 atom stereocenters. The maximum absolute atomic E-state index is 12.2. The molecule has 2 aromatic rings. The van der Waals surface area contributed by atoms with Gasteiger partial charge in [0.1, 0.15) is 0 Å². The van der Waals surface area contributed by atoms with Gasteiger partial charge in [-0.2, -0.15) is 5.10 Å². The highest BCUT2D eigenvalue weighted by molar-refractivity contribution is 5.74. The summed E-state index contributed by atoms with van der Waals surface area (Å²) in [6.45, 7) is 3.83. The van der Waals surface area contributed by atoms with E-state index in [0.29, 0.717) is 0 Å². The second kappa shape index (κ2) is 7.63. The fourth-order valence-corrected chi connectivity index (χ4v) is 3.33. The summed E-state index contributed by atoms with van der Waals surface area (Å²) in [5.74, 6) is 0. The molecule has 0 radical (unpaired) electrons. The number of amides is 2. The summed E-state index contributed by atoms with van der Waals surface area (Å²) in [6.07, 6.45) is 8.78. The van der Waals surface area contributed by atoms with Crippen molar-refractivity contribution >= 4 is 11.7 Å². The highest BCUT2D eigenvalue weighted by atomic mass is 16.2. The Morgan fingerprint density at radius 3 is 2.96 bits per heavy atom. The fourth-order valence-electron chi connectivity index (χ4n) is 3.33. The summed E-state index contributed by atoms with van der Waals surface area (Å²) in [5, 5.41) is 10.4. The Balaban J connectivity index is 1.39. The van der Waals surface area contributed by atoms with Crippen molar-refractivity contribution < 1.29 is 4.79 Å². The van der Waals surface area contributed by atoms with E-state index in [1.807, 2.05) is 38.8 Å². The van der Waals surface area contributed by atoms with Gasteiger partial charge in [-0.25, -0.2) is 4.79 Å². The SMILES string of the molecule is C[C@H](CCc1cccn1C)NC(=O)N[C@@H]1CCN(c2cnn(C)c2)C1. The number of rotatable bonds is 6. The van der Waals surface area contributed by atoms with Gasteiger partial charge in [-0.1, -0.05) is 0 Å². The first-order valence-corrected chi connectivity index (χ1v) is 8.92. The van der Waals surface area contributed by atoms with Crippen molar-refractivity contribution in [3.05, 3.63) is 36.4 Å². The molecule has 1 aliphatic rings. The average Bonchev–Trinajstić information content (AvgIpc) is 3.27. The van der Waals surface area contributed by atoms with Crippen LogP contribution in [0.5, 0.6) is 0 Å². The van der Waals surface area contributed by atoms with E-state index in [0.717, 1.165) is 38.0 Å². The topological polar surface area (TPSA) is 67.1 Å². The predicted molar refractivity (Wildman–Crippen MR) is 98.7 cm³/mol. The number of aryl methyl sites for hydroxylation is 3. The summed E-state index contributed by atoms with van der Waals surface area (Å²) in [7, 11) is 3.97. The van der Waals surface area contributed by atoms with Crippen LogP contribution in [-0.4, -0.2) is 45.6 Å². The van der Waals surface area contributed by atoms with E-state index in [-0.39, 0.29) is 18.1 Å². The Morgan fingerprint density at radius 1 is 1.44 bits per heavy atom. The minimum absolute atomic E-state index is 0.0718. The van der Waals surface area contributed by atoms with Crippen LogP contribution < -0.4 is 15.5 Å². The first kappa shape index (κ1) is 17.4. The lowest BCUT2D eigenvalue weighted by Crippen LogP contribution is -2.46. The number of carbonyl (C=O) groups excluding carboxylic acids is 1. The third-order valence-electron chi connectivity index (χ3n) is 4.84. The lowest BCUT2D eigenvalue weighted by molar-refractivity contribution is 0.234. The summed E-state index contributed by atoms with van der Waals surface area (Å²) < 4.78 is 3.93. The van der Waals surface area contributed by atoms with Gasteiger partial charge in [0.25, 0.3) is 0 Å². The van der Waals surface area contributed by atoms with Crippen LogP contribution in [0.2, 0.25) is 0 Å². The lowest BCUT2D eigenvalue weighted by Gasteiger charge is -2.19. The standard InChI is InChI=1S/C18H28N6O/c1-14(6-7-16-5-4-9-22(16)2)20-18(25)21-15-8-10-24(12-15)17-11-19-23(3)13-17/h4-5,9,11,13-15H,6-8,10,12H2,1-3H3,(H2,20,21,25)/t14-,15-/m1/s1. The molecule has 2 aromatic heterocycles. The van der Waals surface area contributed by atoms with E-state index in [4.69, 9.17) is 0 Å². The number of aromatic nitrogens is 3. The van der Waals surface area contributed by atoms with E-state index in [2.05, 4.69) is 38.2 Å². The summed E-state index contributed by atoms with van der Waals surface area (Å²) in [6, 6.07) is 4.43. The van der Waals surface area contributed by atoms with Crippen molar-refractivity contribution in [3.8, 4) is 0 Å². The van der Waals surface area contributed by atoms with Gasteiger partial charge in [-0.05, 0) is 38.3 Å². The van der Waals surface area contributed by atoms with Crippen LogP contribution in [0.15, 0.2) is 30.7 Å². The molecule has 136 valence electrons. The molecule has 0 unspecified atom stereocenters. The minimum Gasteiger partial charge on any atom is -0.367 e. The summed E-state index contributed by atoms with van der Waals surface area (Å²) in [4.78, 5) is 14.5. The molecule has 0 bridgehead atoms. The van der Waals surface area contributed by atoms with E-state index in [9.17, 15) is 4.79 Å². The smallest absolute Gasteiger partial charge is 0.315 e. The van der Waals surface area contributed by atoms with Gasteiger partial charge in [-0.15, -0.1) is 0 Å². The number of anilines is 1. The number of hydrogen-bond donors (Lipinski definition) is 2. The van der Waals surface area contributed by atoms with Crippen LogP contribution in [0.1, 0.15) is 25.5 Å². The van der Waals surface area contributed by atoms with Gasteiger partial charge in [0.05, 0.1) is 11.9 Å². The van der Waals surface area contributed by atoms with Crippen molar-refractivity contribution in [3.63, 3.8) is 0 Å². The molecule has 0 saturated carbocycles. The van der Waals surface area contributed by atoms with Crippen LogP contribution in [-0.2, 0) is 20.5 Å². The third-order valence-corrected chi connectivity index (χ3v) is 4.84. The first-order valence-electron chi connectivity index (χ1n) is 8.92. The molecule has 0 aliphatic carbocycles. The molecule has 1 aliphatic heterocycles. The van der Waals surface area contributed by atoms with Gasteiger partial charge in [0, 0.05) is 57.4 Å². The van der Waals surface area contributed by atoms with Crippen LogP contribution in [0.4, 0.5) is 10.5 Å². The summed E-state index contributed by atoms with van der Waals surface area (Å²) >= 11 is 0. The number of hydrogen-bond acceptors (Lipinski definition) is 3. The molecule has 0 aromatic carbocycles. The molecule has 7 nitrogen and oxygen atoms in total. The van der Waals surface area contributed by atoms with E-state index < -0.39 is 0 Å². The molecule has 0 spiro atoms. The van der Waals surface area contributed by atoms with Gasteiger partial charge >= 0.3 is 6.03 Å². The second-order valence-corrected chi connectivity index (χ2v) is 6.97. The number of carbonyl (C=O) groups is 1. The van der Waals surface area contributed by atoms with E-state index >= 15 is 0 Å². The van der Waals surface area contributed by atoms with Gasteiger partial charge in [0.15, 0.2) is 0 Å². The van der Waals surface area contributed by atoms with Gasteiger partial charge in [-0.3, -0.25) is 4.68 Å². The normalized spacial score (nSPS) is 18.4. The quantitative estimate of drug-likeness (QED) is 0.837. The third kappa shape index (κ3) is 4.55. The Morgan fingerprint density at radius 2 is 2.28 bits per heavy atom. The number of nitrogens with one attached hydrogen (secondary N) is 2. The average molecular weight is 344 g/mol. The van der Waals surface area contributed by atoms with Crippen LogP contribution in [0, 0.1) is 0 Å². The van der Waals surface area contributed by atoms with E-state index in [1.54, 1.807) is 4.68 Å². The van der Waals surface area contributed by atoms with Crippen molar-refractivity contribution in [1.29, 1.82) is 0 Å².